The number of rotatable bonds is 3. The predicted molar refractivity (Wildman–Crippen MR) is 60.4 cm³/mol. The Morgan fingerprint density at radius 1 is 1.57 bits per heavy atom. The van der Waals surface area contributed by atoms with Gasteiger partial charge in [-0.05, 0) is 28.4 Å². The summed E-state index contributed by atoms with van der Waals surface area (Å²) in [6, 6.07) is 1.86. The molecule has 1 amide bonds. The molecule has 78 valence electrons. The fraction of sp³-hybridized carbons (Fsp3) is 0.500. The van der Waals surface area contributed by atoms with Gasteiger partial charge in [-0.25, -0.2) is 0 Å². The van der Waals surface area contributed by atoms with Gasteiger partial charge < -0.3 is 9.47 Å². The highest BCUT2D eigenvalue weighted by Gasteiger charge is 2.13. The third kappa shape index (κ3) is 2.38. The molecule has 0 aliphatic rings. The normalized spacial score (nSPS) is 10.3. The van der Waals surface area contributed by atoms with Crippen molar-refractivity contribution in [1.82, 2.24) is 9.47 Å². The Hall–Kier alpha value is -0.770. The van der Waals surface area contributed by atoms with Crippen LogP contribution >= 0.6 is 15.9 Å². The van der Waals surface area contributed by atoms with Gasteiger partial charge >= 0.3 is 0 Å². The summed E-state index contributed by atoms with van der Waals surface area (Å²) >= 11 is 3.38. The number of amides is 1. The van der Waals surface area contributed by atoms with Crippen molar-refractivity contribution in [1.29, 1.82) is 0 Å². The molecule has 0 saturated carbocycles. The lowest BCUT2D eigenvalue weighted by molar-refractivity contribution is 0.0817. The number of nitrogens with zero attached hydrogens (tertiary/aromatic N) is 2. The largest absolute Gasteiger partial charge is 0.343 e. The van der Waals surface area contributed by atoms with E-state index in [0.717, 1.165) is 23.1 Å². The molecule has 14 heavy (non-hydrogen) atoms. The smallest absolute Gasteiger partial charge is 0.269 e. The second-order valence-electron chi connectivity index (χ2n) is 3.44. The summed E-state index contributed by atoms with van der Waals surface area (Å²) in [5.74, 6) is 0.0455. The predicted octanol–water partition coefficient (Wildman–Crippen LogP) is 2.36. The van der Waals surface area contributed by atoms with Crippen LogP contribution in [-0.2, 0) is 6.54 Å². The van der Waals surface area contributed by atoms with E-state index in [-0.39, 0.29) is 5.91 Å². The Labute approximate surface area is 92.8 Å². The Bertz CT molecular complexity index is 331. The molecule has 0 aromatic carbocycles. The second kappa shape index (κ2) is 4.64. The SMILES string of the molecule is CCCn1cc(Br)cc1C(=O)N(C)C. The Morgan fingerprint density at radius 3 is 2.71 bits per heavy atom. The van der Waals surface area contributed by atoms with Crippen LogP contribution in [0.3, 0.4) is 0 Å². The van der Waals surface area contributed by atoms with E-state index in [0.29, 0.717) is 0 Å². The van der Waals surface area contributed by atoms with E-state index in [1.165, 1.54) is 0 Å². The molecule has 1 heterocycles. The molecule has 1 aromatic rings. The third-order valence-electron chi connectivity index (χ3n) is 1.95. The Balaban J connectivity index is 3.00. The van der Waals surface area contributed by atoms with E-state index in [4.69, 9.17) is 0 Å². The molecule has 1 rings (SSSR count). The summed E-state index contributed by atoms with van der Waals surface area (Å²) in [5.41, 5.74) is 0.740. The highest BCUT2D eigenvalue weighted by molar-refractivity contribution is 9.10. The van der Waals surface area contributed by atoms with Crippen LogP contribution < -0.4 is 0 Å². The van der Waals surface area contributed by atoms with Crippen LogP contribution in [0.5, 0.6) is 0 Å². The van der Waals surface area contributed by atoms with Gasteiger partial charge in [0, 0.05) is 31.3 Å². The zero-order valence-electron chi connectivity index (χ0n) is 8.75. The number of halogens is 1. The van der Waals surface area contributed by atoms with Gasteiger partial charge in [0.05, 0.1) is 0 Å². The van der Waals surface area contributed by atoms with Crippen LogP contribution in [0.2, 0.25) is 0 Å². The van der Waals surface area contributed by atoms with Crippen LogP contribution in [-0.4, -0.2) is 29.5 Å². The van der Waals surface area contributed by atoms with Gasteiger partial charge in [-0.2, -0.15) is 0 Å². The van der Waals surface area contributed by atoms with Crippen LogP contribution in [0.1, 0.15) is 23.8 Å². The average Bonchev–Trinajstić information content (AvgIpc) is 2.46. The number of carbonyl (C=O) groups is 1. The molecule has 3 nitrogen and oxygen atoms in total. The Morgan fingerprint density at radius 2 is 2.21 bits per heavy atom. The van der Waals surface area contributed by atoms with Gasteiger partial charge in [-0.3, -0.25) is 4.79 Å². The minimum absolute atomic E-state index is 0.0455. The van der Waals surface area contributed by atoms with Crippen molar-refractivity contribution in [2.24, 2.45) is 0 Å². The van der Waals surface area contributed by atoms with Gasteiger partial charge in [0.25, 0.3) is 5.91 Å². The van der Waals surface area contributed by atoms with Crippen LogP contribution in [0.15, 0.2) is 16.7 Å². The standard InChI is InChI=1S/C10H15BrN2O/c1-4-5-13-7-8(11)6-9(13)10(14)12(2)3/h6-7H,4-5H2,1-3H3. The lowest BCUT2D eigenvalue weighted by Crippen LogP contribution is -2.24. The van der Waals surface area contributed by atoms with Gasteiger partial charge in [-0.1, -0.05) is 6.92 Å². The molecule has 0 bridgehead atoms. The maximum absolute atomic E-state index is 11.7. The number of hydrogen-bond acceptors (Lipinski definition) is 1. The Kier molecular flexibility index (Phi) is 3.75. The first-order valence-corrected chi connectivity index (χ1v) is 5.43. The molecular weight excluding hydrogens is 244 g/mol. The molecule has 1 aromatic heterocycles. The number of hydrogen-bond donors (Lipinski definition) is 0. The minimum Gasteiger partial charge on any atom is -0.343 e. The maximum Gasteiger partial charge on any atom is 0.269 e. The van der Waals surface area contributed by atoms with Crippen molar-refractivity contribution in [2.75, 3.05) is 14.1 Å². The van der Waals surface area contributed by atoms with Crippen molar-refractivity contribution < 1.29 is 4.79 Å². The van der Waals surface area contributed by atoms with E-state index in [1.54, 1.807) is 19.0 Å². The zero-order chi connectivity index (χ0) is 10.7. The minimum atomic E-state index is 0.0455. The molecule has 0 N–H and O–H groups in total. The van der Waals surface area contributed by atoms with Crippen molar-refractivity contribution in [3.63, 3.8) is 0 Å². The van der Waals surface area contributed by atoms with Gasteiger partial charge in [0.15, 0.2) is 0 Å². The number of aromatic nitrogens is 1. The third-order valence-corrected chi connectivity index (χ3v) is 2.39. The molecular formula is C10H15BrN2O. The summed E-state index contributed by atoms with van der Waals surface area (Å²) in [6.45, 7) is 2.97. The quantitative estimate of drug-likeness (QED) is 0.818. The van der Waals surface area contributed by atoms with E-state index in [9.17, 15) is 4.79 Å². The molecule has 0 unspecified atom stereocenters. The van der Waals surface area contributed by atoms with E-state index in [2.05, 4.69) is 22.9 Å². The summed E-state index contributed by atoms with van der Waals surface area (Å²) in [4.78, 5) is 13.3. The van der Waals surface area contributed by atoms with Gasteiger partial charge in [-0.15, -0.1) is 0 Å². The summed E-state index contributed by atoms with van der Waals surface area (Å²) in [5, 5.41) is 0. The van der Waals surface area contributed by atoms with Crippen LogP contribution in [0.4, 0.5) is 0 Å². The molecule has 0 spiro atoms. The zero-order valence-corrected chi connectivity index (χ0v) is 10.3. The van der Waals surface area contributed by atoms with Crippen molar-refractivity contribution >= 4 is 21.8 Å². The highest BCUT2D eigenvalue weighted by atomic mass is 79.9. The van der Waals surface area contributed by atoms with Crippen LogP contribution in [0, 0.1) is 0 Å². The first kappa shape index (κ1) is 11.3. The topological polar surface area (TPSA) is 25.2 Å². The molecule has 0 atom stereocenters. The fourth-order valence-electron chi connectivity index (χ4n) is 1.31. The van der Waals surface area contributed by atoms with Crippen molar-refractivity contribution in [3.8, 4) is 0 Å². The first-order chi connectivity index (χ1) is 6.56. The van der Waals surface area contributed by atoms with Crippen LogP contribution in [0.25, 0.3) is 0 Å². The molecule has 0 saturated heterocycles. The lowest BCUT2D eigenvalue weighted by Gasteiger charge is -2.12. The highest BCUT2D eigenvalue weighted by Crippen LogP contribution is 2.16. The second-order valence-corrected chi connectivity index (χ2v) is 4.35. The summed E-state index contributed by atoms with van der Waals surface area (Å²) in [6.07, 6.45) is 2.97. The molecule has 0 radical (unpaired) electrons. The van der Waals surface area contributed by atoms with E-state index >= 15 is 0 Å². The average molecular weight is 259 g/mol. The molecule has 4 heteroatoms. The first-order valence-electron chi connectivity index (χ1n) is 4.63. The number of aryl methyl sites for hydroxylation is 1. The number of carbonyl (C=O) groups excluding carboxylic acids is 1. The van der Waals surface area contributed by atoms with Gasteiger partial charge in [0.1, 0.15) is 5.69 Å². The summed E-state index contributed by atoms with van der Waals surface area (Å²) in [7, 11) is 3.53. The van der Waals surface area contributed by atoms with Crippen molar-refractivity contribution in [2.45, 2.75) is 19.9 Å². The maximum atomic E-state index is 11.7. The molecule has 0 aliphatic carbocycles. The lowest BCUT2D eigenvalue weighted by atomic mass is 10.3. The van der Waals surface area contributed by atoms with E-state index < -0.39 is 0 Å². The molecule has 0 aliphatic heterocycles. The summed E-state index contributed by atoms with van der Waals surface area (Å²) < 4.78 is 2.93. The fourth-order valence-corrected chi connectivity index (χ4v) is 1.77. The molecule has 0 fully saturated rings. The van der Waals surface area contributed by atoms with Crippen molar-refractivity contribution in [3.05, 3.63) is 22.4 Å². The van der Waals surface area contributed by atoms with Gasteiger partial charge in [0.2, 0.25) is 0 Å². The van der Waals surface area contributed by atoms with E-state index in [1.807, 2.05) is 16.8 Å². The monoisotopic (exact) mass is 258 g/mol.